The van der Waals surface area contributed by atoms with Gasteiger partial charge in [-0.05, 0) is 121 Å². The molecule has 570 valence electrons. The van der Waals surface area contributed by atoms with Gasteiger partial charge in [0.2, 0.25) is 65.0 Å². The highest BCUT2D eigenvalue weighted by atomic mass is 19.1. The first-order valence-electron chi connectivity index (χ1n) is 35.4. The Morgan fingerprint density at radius 1 is 0.598 bits per heavy atom. The Morgan fingerprint density at radius 2 is 1.16 bits per heavy atom. The minimum atomic E-state index is -1.96. The predicted molar refractivity (Wildman–Crippen MR) is 394 cm³/mol. The van der Waals surface area contributed by atoms with Crippen LogP contribution in [0.15, 0.2) is 121 Å². The molecule has 1 unspecified atom stereocenters. The van der Waals surface area contributed by atoms with E-state index in [0.29, 0.717) is 33.2 Å². The summed E-state index contributed by atoms with van der Waals surface area (Å²) in [6.45, 7) is 4.85. The maximum absolute atomic E-state index is 15.6. The maximum Gasteiger partial charge on any atom is 0.260 e. The number of aromatic amines is 1. The molecule has 22 N–H and O–H groups in total. The Labute approximate surface area is 616 Å². The number of aromatic hydroxyl groups is 1. The molecule has 0 aliphatic carbocycles. The Kier molecular flexibility index (Phi) is 29.0. The molecule has 2 fully saturated rings. The zero-order valence-electron chi connectivity index (χ0n) is 59.6. The molecule has 12 amide bonds. The van der Waals surface area contributed by atoms with E-state index in [-0.39, 0.29) is 108 Å². The number of aromatic nitrogens is 1. The molecule has 107 heavy (non-hydrogen) atoms. The molecular weight excluding hydrogens is 1380 g/mol. The highest BCUT2D eigenvalue weighted by molar-refractivity contribution is 6.00. The molecule has 6 aromatic rings. The fourth-order valence-electron chi connectivity index (χ4n) is 12.8. The van der Waals surface area contributed by atoms with Crippen LogP contribution >= 0.6 is 0 Å². The molecule has 8 rings (SSSR count). The molecular formula is C74H94FN19O13. The van der Waals surface area contributed by atoms with Crippen LogP contribution in [0.5, 0.6) is 5.75 Å². The van der Waals surface area contributed by atoms with Crippen LogP contribution in [0.4, 0.5) is 4.39 Å². The number of para-hydroxylation sites is 1. The van der Waals surface area contributed by atoms with Gasteiger partial charge in [-0.1, -0.05) is 98.8 Å². The number of H-pyrrole nitrogens is 1. The molecule has 0 bridgehead atoms. The van der Waals surface area contributed by atoms with Crippen LogP contribution in [0.25, 0.3) is 21.7 Å². The minimum absolute atomic E-state index is 0.00927. The van der Waals surface area contributed by atoms with Crippen molar-refractivity contribution in [3.8, 4) is 5.75 Å². The number of nitrogens with one attached hydrogen (secondary N) is 15. The van der Waals surface area contributed by atoms with Crippen molar-refractivity contribution in [1.29, 1.82) is 10.8 Å². The first-order chi connectivity index (χ1) is 51.1. The summed E-state index contributed by atoms with van der Waals surface area (Å²) in [6.07, 6.45) is -2.60. The number of carbonyl (C=O) groups excluding carboxylic acids is 12. The summed E-state index contributed by atoms with van der Waals surface area (Å²) in [6, 6.07) is 16.9. The standard InChI is InChI=1S/C74H94FN19O13/c1-40(2)33-55-66(101)87-54(16-9-31-82-74(79)80)72(107)94-32-10-17-60(94)71(106)93-63(62(76)98)92-61(97)29-28-53(65(100)89-57(36-43-21-26-49(96)27-22-43)68(103)85-52(64(99)88-55)15-8-30-81-73(77)78)86-70(105)59(38-47-39-83-51-14-7-6-13-50(47)51)91-69(104)58(35-42-19-24-48(75)25-20-42)90-67(102)56(84-41(3)95)37-44-18-23-45-11-4-5-12-46(45)34-44/h4-7,11-14,18-27,34,39-40,52-60,63,83,96H,8-10,15-17,28-33,35-38H2,1-3H3,(H2,76,98)(H,84,95)(H,85,103)(H,86,105)(H,87,101)(H,88,99)(H,89,100)(H,90,102)(H,91,104)(H,92,97)(H,93,106)(H4,77,78,81)(H4,79,80,82)/t52-,53+,54+,55+,56-,57+,58-,59-,60+,63?/m1/s1. The first-order valence-corrected chi connectivity index (χ1v) is 35.4. The maximum atomic E-state index is 15.6. The van der Waals surface area contributed by atoms with Gasteiger partial charge >= 0.3 is 0 Å². The summed E-state index contributed by atoms with van der Waals surface area (Å²) in [5, 5.41) is 59.9. The molecule has 0 saturated carbocycles. The fourth-order valence-corrected chi connectivity index (χ4v) is 12.8. The topological polar surface area (TPSA) is 514 Å². The highest BCUT2D eigenvalue weighted by Gasteiger charge is 2.41. The van der Waals surface area contributed by atoms with E-state index in [1.165, 1.54) is 48.2 Å². The lowest BCUT2D eigenvalue weighted by atomic mass is 9.99. The Balaban J connectivity index is 1.18. The molecule has 5 aromatic carbocycles. The Bertz CT molecular complexity index is 4230. The van der Waals surface area contributed by atoms with E-state index in [2.05, 4.69) is 68.8 Å². The number of phenolic OH excluding ortho intramolecular Hbond substituents is 1. The predicted octanol–water partition coefficient (Wildman–Crippen LogP) is -0.264. The number of nitrogens with zero attached hydrogens (tertiary/aromatic N) is 1. The average Bonchev–Trinajstić information content (AvgIpc) is 1.76. The number of fused-ring (bicyclic) bond motifs is 3. The van der Waals surface area contributed by atoms with Gasteiger partial charge in [0.25, 0.3) is 5.91 Å². The zero-order valence-corrected chi connectivity index (χ0v) is 59.6. The number of amides is 12. The summed E-state index contributed by atoms with van der Waals surface area (Å²) in [5.41, 5.74) is 19.4. The van der Waals surface area contributed by atoms with Gasteiger partial charge in [-0.3, -0.25) is 68.4 Å². The lowest BCUT2D eigenvalue weighted by Crippen LogP contribution is -2.61. The number of primary amides is 1. The normalized spacial score (nSPS) is 20.1. The second-order valence-corrected chi connectivity index (χ2v) is 27.1. The summed E-state index contributed by atoms with van der Waals surface area (Å²) in [7, 11) is 0. The van der Waals surface area contributed by atoms with Crippen LogP contribution in [-0.2, 0) is 83.2 Å². The van der Waals surface area contributed by atoms with Crippen LogP contribution in [-0.4, -0.2) is 178 Å². The average molecular weight is 1480 g/mol. The largest absolute Gasteiger partial charge is 0.508 e. The number of hydrogen-bond donors (Lipinski definition) is 19. The smallest absolute Gasteiger partial charge is 0.260 e. The molecule has 33 heteroatoms. The summed E-state index contributed by atoms with van der Waals surface area (Å²) < 4.78 is 14.5. The highest BCUT2D eigenvalue weighted by Crippen LogP contribution is 2.24. The summed E-state index contributed by atoms with van der Waals surface area (Å²) in [5.74, 6) is -13.2. The van der Waals surface area contributed by atoms with Gasteiger partial charge in [0.1, 0.15) is 65.9 Å². The molecule has 10 atom stereocenters. The molecule has 3 heterocycles. The lowest BCUT2D eigenvalue weighted by Gasteiger charge is -2.31. The number of benzene rings is 5. The Morgan fingerprint density at radius 3 is 1.81 bits per heavy atom. The van der Waals surface area contributed by atoms with E-state index in [0.717, 1.165) is 22.9 Å². The molecule has 0 spiro atoms. The van der Waals surface area contributed by atoms with E-state index in [1.54, 1.807) is 50.4 Å². The zero-order chi connectivity index (χ0) is 77.4. The van der Waals surface area contributed by atoms with Crippen LogP contribution in [0, 0.1) is 22.6 Å². The quantitative estimate of drug-likeness (QED) is 0.0189. The molecule has 32 nitrogen and oxygen atoms in total. The SMILES string of the molecule is CC(=O)N[C@H](Cc1ccc2ccccc2c1)C(=O)N[C@H](Cc1ccc(F)cc1)C(=O)N[C@H](Cc1c[nH]c2ccccc12)C(=O)N[C@H]1CCC(=O)NC(C(N)=O)NC(=O)[C@@H]2CCCN2C(=O)[C@H](CCCNC(=N)N)NC(=O)[C@H](CC(C)C)NC(=O)[C@@H](CCCNC(=N)N)NC(=O)[C@H](Cc2ccc(O)cc2)NC1=O. The minimum Gasteiger partial charge on any atom is -0.508 e. The second-order valence-electron chi connectivity index (χ2n) is 27.1. The van der Waals surface area contributed by atoms with Gasteiger partial charge < -0.3 is 96.0 Å². The van der Waals surface area contributed by atoms with Crippen LogP contribution in [0.3, 0.4) is 0 Å². The van der Waals surface area contributed by atoms with Crippen molar-refractivity contribution in [2.75, 3.05) is 19.6 Å². The van der Waals surface area contributed by atoms with Crippen LogP contribution in [0.2, 0.25) is 0 Å². The molecule has 2 saturated heterocycles. The third-order valence-electron chi connectivity index (χ3n) is 18.2. The van der Waals surface area contributed by atoms with E-state index < -0.39 is 156 Å². The van der Waals surface area contributed by atoms with Gasteiger partial charge in [0.05, 0.1) is 0 Å². The number of halogens is 1. The summed E-state index contributed by atoms with van der Waals surface area (Å²) >= 11 is 0. The van der Waals surface area contributed by atoms with Gasteiger partial charge in [-0.25, -0.2) is 4.39 Å². The van der Waals surface area contributed by atoms with Crippen LogP contribution < -0.4 is 81.0 Å². The number of guanidine groups is 2. The molecule has 2 aliphatic heterocycles. The Hall–Kier alpha value is -12.2. The first kappa shape index (κ1) is 80.5. The number of carbonyl (C=O) groups is 12. The molecule has 1 aromatic heterocycles. The van der Waals surface area contributed by atoms with Crippen molar-refractivity contribution in [1.82, 2.24) is 73.7 Å². The van der Waals surface area contributed by atoms with Gasteiger partial charge in [0.15, 0.2) is 18.1 Å². The van der Waals surface area contributed by atoms with Crippen LogP contribution in [0.1, 0.15) is 101 Å². The monoisotopic (exact) mass is 1480 g/mol. The van der Waals surface area contributed by atoms with Crippen molar-refractivity contribution in [2.24, 2.45) is 23.1 Å². The van der Waals surface area contributed by atoms with Crippen molar-refractivity contribution in [3.63, 3.8) is 0 Å². The van der Waals surface area contributed by atoms with E-state index in [9.17, 15) is 47.9 Å². The number of hydrogen-bond acceptors (Lipinski definition) is 15. The number of rotatable bonds is 26. The van der Waals surface area contributed by atoms with Gasteiger partial charge in [0, 0.05) is 75.8 Å². The fraction of sp³-hybridized carbons (Fsp3) is 0.405. The van der Waals surface area contributed by atoms with E-state index in [1.807, 2.05) is 36.4 Å². The van der Waals surface area contributed by atoms with E-state index in [4.69, 9.17) is 28.0 Å². The number of phenols is 1. The van der Waals surface area contributed by atoms with Gasteiger partial charge in [-0.15, -0.1) is 0 Å². The van der Waals surface area contributed by atoms with Crippen molar-refractivity contribution in [3.05, 3.63) is 150 Å². The third kappa shape index (κ3) is 24.2. The summed E-state index contributed by atoms with van der Waals surface area (Å²) in [4.78, 5) is 179. The van der Waals surface area contributed by atoms with E-state index >= 15 is 19.2 Å². The molecule has 0 radical (unpaired) electrons. The third-order valence-corrected chi connectivity index (χ3v) is 18.2. The second kappa shape index (κ2) is 38.5. The number of nitrogens with two attached hydrogens (primary N) is 3. The van der Waals surface area contributed by atoms with Crippen molar-refractivity contribution in [2.45, 2.75) is 165 Å². The van der Waals surface area contributed by atoms with Crippen molar-refractivity contribution >= 4 is 104 Å². The van der Waals surface area contributed by atoms with Gasteiger partial charge in [-0.2, -0.15) is 0 Å². The lowest BCUT2D eigenvalue weighted by molar-refractivity contribution is -0.143. The molecule has 2 aliphatic rings. The van der Waals surface area contributed by atoms with Crippen molar-refractivity contribution < 1.29 is 67.0 Å².